The molecule has 0 radical (unpaired) electrons. The van der Waals surface area contributed by atoms with Gasteiger partial charge >= 0.3 is 0 Å². The Morgan fingerprint density at radius 3 is 2.95 bits per heavy atom. The van der Waals surface area contributed by atoms with E-state index in [-0.39, 0.29) is 18.8 Å². The maximum absolute atomic E-state index is 13.6. The highest BCUT2D eigenvalue weighted by atomic mass is 19.1. The van der Waals surface area contributed by atoms with E-state index in [1.165, 1.54) is 18.4 Å². The van der Waals surface area contributed by atoms with E-state index in [9.17, 15) is 9.18 Å². The largest absolute Gasteiger partial charge is 0.459 e. The molecular weight excluding hydrogens is 259 g/mol. The van der Waals surface area contributed by atoms with E-state index < -0.39 is 11.7 Å². The van der Waals surface area contributed by atoms with Gasteiger partial charge in [0, 0.05) is 17.7 Å². The van der Waals surface area contributed by atoms with Gasteiger partial charge in [-0.3, -0.25) is 4.79 Å². The van der Waals surface area contributed by atoms with Crippen molar-refractivity contribution in [2.45, 2.75) is 6.54 Å². The summed E-state index contributed by atoms with van der Waals surface area (Å²) in [7, 11) is 0. The average Bonchev–Trinajstić information content (AvgIpc) is 2.99. The van der Waals surface area contributed by atoms with Crippen molar-refractivity contribution in [3.05, 3.63) is 59.3 Å². The summed E-state index contributed by atoms with van der Waals surface area (Å²) < 4.78 is 18.6. The molecule has 20 heavy (non-hydrogen) atoms. The highest BCUT2D eigenvalue weighted by molar-refractivity contribution is 5.91. The molecule has 3 N–H and O–H groups in total. The number of hydrogen-bond acceptors (Lipinski definition) is 3. The fourth-order valence-electron chi connectivity index (χ4n) is 1.61. The van der Waals surface area contributed by atoms with Crippen molar-refractivity contribution in [3.63, 3.8) is 0 Å². The van der Waals surface area contributed by atoms with Crippen molar-refractivity contribution in [1.82, 2.24) is 5.32 Å². The third kappa shape index (κ3) is 3.46. The second-order valence-corrected chi connectivity index (χ2v) is 3.97. The Kier molecular flexibility index (Phi) is 4.53. The van der Waals surface area contributed by atoms with Crippen LogP contribution in [-0.2, 0) is 6.54 Å². The molecule has 102 valence electrons. The Morgan fingerprint density at radius 2 is 2.25 bits per heavy atom. The number of benzene rings is 1. The lowest BCUT2D eigenvalue weighted by molar-refractivity contribution is 0.0923. The zero-order chi connectivity index (χ0) is 14.4. The van der Waals surface area contributed by atoms with E-state index in [0.29, 0.717) is 11.1 Å². The molecule has 0 atom stereocenters. The highest BCUT2D eigenvalue weighted by Crippen LogP contribution is 2.10. The SMILES string of the molecule is NCC#Cc1ccc(F)c(CNC(=O)c2ccco2)c1. The zero-order valence-corrected chi connectivity index (χ0v) is 10.7. The van der Waals surface area contributed by atoms with Crippen molar-refractivity contribution in [3.8, 4) is 11.8 Å². The molecule has 1 aromatic carbocycles. The van der Waals surface area contributed by atoms with Gasteiger partial charge in [0.1, 0.15) is 5.82 Å². The van der Waals surface area contributed by atoms with Gasteiger partial charge in [-0.15, -0.1) is 0 Å². The van der Waals surface area contributed by atoms with Crippen LogP contribution >= 0.6 is 0 Å². The van der Waals surface area contributed by atoms with Gasteiger partial charge in [0.05, 0.1) is 12.8 Å². The molecular formula is C15H13FN2O2. The fourth-order valence-corrected chi connectivity index (χ4v) is 1.61. The molecule has 0 spiro atoms. The molecule has 0 fully saturated rings. The summed E-state index contributed by atoms with van der Waals surface area (Å²) in [4.78, 5) is 11.7. The summed E-state index contributed by atoms with van der Waals surface area (Å²) in [6, 6.07) is 7.61. The van der Waals surface area contributed by atoms with E-state index in [1.807, 2.05) is 0 Å². The molecule has 0 saturated carbocycles. The lowest BCUT2D eigenvalue weighted by atomic mass is 10.1. The van der Waals surface area contributed by atoms with Crippen LogP contribution in [0, 0.1) is 17.7 Å². The first-order valence-corrected chi connectivity index (χ1v) is 6.00. The smallest absolute Gasteiger partial charge is 0.287 e. The zero-order valence-electron chi connectivity index (χ0n) is 10.7. The first-order chi connectivity index (χ1) is 9.70. The normalized spacial score (nSPS) is 9.70. The van der Waals surface area contributed by atoms with E-state index in [4.69, 9.17) is 10.2 Å². The molecule has 5 heteroatoms. The standard InChI is InChI=1S/C15H13FN2O2/c16-13-6-5-11(3-1-7-17)9-12(13)10-18-15(19)14-4-2-8-20-14/h2,4-6,8-9H,7,10,17H2,(H,18,19). The van der Waals surface area contributed by atoms with Crippen LogP contribution < -0.4 is 11.1 Å². The predicted octanol–water partition coefficient (Wildman–Crippen LogP) is 1.66. The number of carbonyl (C=O) groups excluding carboxylic acids is 1. The van der Waals surface area contributed by atoms with Gasteiger partial charge < -0.3 is 15.5 Å². The minimum atomic E-state index is -0.400. The fraction of sp³-hybridized carbons (Fsp3) is 0.133. The Morgan fingerprint density at radius 1 is 1.40 bits per heavy atom. The lowest BCUT2D eigenvalue weighted by Gasteiger charge is -2.05. The van der Waals surface area contributed by atoms with Gasteiger partial charge in [0.25, 0.3) is 5.91 Å². The summed E-state index contributed by atoms with van der Waals surface area (Å²) in [6.45, 7) is 0.297. The molecule has 4 nitrogen and oxygen atoms in total. The van der Waals surface area contributed by atoms with Gasteiger partial charge in [0.2, 0.25) is 0 Å². The van der Waals surface area contributed by atoms with Crippen molar-refractivity contribution in [2.75, 3.05) is 6.54 Å². The number of halogens is 1. The molecule has 2 rings (SSSR count). The number of rotatable bonds is 3. The van der Waals surface area contributed by atoms with Gasteiger partial charge in [0.15, 0.2) is 5.76 Å². The molecule has 1 heterocycles. The van der Waals surface area contributed by atoms with Crippen LogP contribution in [0.2, 0.25) is 0 Å². The van der Waals surface area contributed by atoms with Crippen molar-refractivity contribution >= 4 is 5.91 Å². The van der Waals surface area contributed by atoms with Crippen LogP contribution in [-0.4, -0.2) is 12.5 Å². The van der Waals surface area contributed by atoms with Crippen molar-refractivity contribution in [1.29, 1.82) is 0 Å². The van der Waals surface area contributed by atoms with Gasteiger partial charge in [-0.2, -0.15) is 0 Å². The third-order valence-corrected chi connectivity index (χ3v) is 2.56. The minimum Gasteiger partial charge on any atom is -0.459 e. The van der Waals surface area contributed by atoms with E-state index >= 15 is 0 Å². The van der Waals surface area contributed by atoms with Crippen LogP contribution in [0.15, 0.2) is 41.0 Å². The second-order valence-electron chi connectivity index (χ2n) is 3.97. The highest BCUT2D eigenvalue weighted by Gasteiger charge is 2.09. The quantitative estimate of drug-likeness (QED) is 0.835. The van der Waals surface area contributed by atoms with Crippen molar-refractivity contribution < 1.29 is 13.6 Å². The molecule has 1 amide bonds. The molecule has 0 aliphatic rings. The molecule has 2 aromatic rings. The summed E-state index contributed by atoms with van der Waals surface area (Å²) in [6.07, 6.45) is 1.40. The topological polar surface area (TPSA) is 68.3 Å². The molecule has 0 bridgehead atoms. The lowest BCUT2D eigenvalue weighted by Crippen LogP contribution is -2.22. The third-order valence-electron chi connectivity index (χ3n) is 2.56. The molecule has 0 saturated heterocycles. The maximum Gasteiger partial charge on any atom is 0.287 e. The predicted molar refractivity (Wildman–Crippen MR) is 72.2 cm³/mol. The van der Waals surface area contributed by atoms with Gasteiger partial charge in [-0.1, -0.05) is 11.8 Å². The number of nitrogens with one attached hydrogen (secondary N) is 1. The van der Waals surface area contributed by atoms with Crippen LogP contribution in [0.25, 0.3) is 0 Å². The number of furan rings is 1. The molecule has 0 unspecified atom stereocenters. The molecule has 0 aliphatic carbocycles. The van der Waals surface area contributed by atoms with Crippen LogP contribution in [0.1, 0.15) is 21.7 Å². The van der Waals surface area contributed by atoms with Gasteiger partial charge in [-0.05, 0) is 30.3 Å². The van der Waals surface area contributed by atoms with Crippen LogP contribution in [0.4, 0.5) is 4.39 Å². The maximum atomic E-state index is 13.6. The van der Waals surface area contributed by atoms with Crippen LogP contribution in [0.3, 0.4) is 0 Å². The first-order valence-electron chi connectivity index (χ1n) is 6.00. The number of amides is 1. The Labute approximate surface area is 115 Å². The Hall–Kier alpha value is -2.58. The monoisotopic (exact) mass is 272 g/mol. The summed E-state index contributed by atoms with van der Waals surface area (Å²) in [5, 5.41) is 2.58. The summed E-state index contributed by atoms with van der Waals surface area (Å²) in [5.41, 5.74) is 6.29. The van der Waals surface area contributed by atoms with Crippen molar-refractivity contribution in [2.24, 2.45) is 5.73 Å². The Bertz CT molecular complexity index is 654. The number of carbonyl (C=O) groups is 1. The van der Waals surface area contributed by atoms with Crippen LogP contribution in [0.5, 0.6) is 0 Å². The summed E-state index contributed by atoms with van der Waals surface area (Å²) in [5.74, 6) is 4.89. The van der Waals surface area contributed by atoms with E-state index in [2.05, 4.69) is 17.2 Å². The number of nitrogens with two attached hydrogens (primary N) is 1. The first kappa shape index (κ1) is 13.8. The second kappa shape index (κ2) is 6.55. The van der Waals surface area contributed by atoms with E-state index in [1.54, 1.807) is 18.2 Å². The summed E-state index contributed by atoms with van der Waals surface area (Å²) >= 11 is 0. The minimum absolute atomic E-state index is 0.0590. The number of hydrogen-bond donors (Lipinski definition) is 2. The Balaban J connectivity index is 2.07. The molecule has 0 aliphatic heterocycles. The van der Waals surface area contributed by atoms with E-state index in [0.717, 1.165) is 0 Å². The average molecular weight is 272 g/mol. The van der Waals surface area contributed by atoms with Gasteiger partial charge in [-0.25, -0.2) is 4.39 Å². The molecule has 1 aromatic heterocycles.